The zero-order valence-corrected chi connectivity index (χ0v) is 14.4. The van der Waals surface area contributed by atoms with E-state index in [4.69, 9.17) is 14.2 Å². The monoisotopic (exact) mass is 366 g/mol. The molecule has 0 spiro atoms. The van der Waals surface area contributed by atoms with Gasteiger partial charge in [-0.05, 0) is 29.8 Å². The summed E-state index contributed by atoms with van der Waals surface area (Å²) in [7, 11) is 4.26. The number of ketones is 1. The van der Waals surface area contributed by atoms with Gasteiger partial charge in [0.15, 0.2) is 17.3 Å². The SMILES string of the molecule is C=C(C(=O)c1cccc(C(F)(F)F)c1)c1cc(OC)c(OC)c(OC)c1. The lowest BCUT2D eigenvalue weighted by Crippen LogP contribution is -2.08. The van der Waals surface area contributed by atoms with Gasteiger partial charge >= 0.3 is 6.18 Å². The van der Waals surface area contributed by atoms with E-state index in [1.165, 1.54) is 45.6 Å². The molecule has 2 aromatic rings. The number of hydrogen-bond acceptors (Lipinski definition) is 4. The molecule has 0 atom stereocenters. The van der Waals surface area contributed by atoms with Gasteiger partial charge in [0.2, 0.25) is 5.75 Å². The zero-order chi connectivity index (χ0) is 19.5. The van der Waals surface area contributed by atoms with Gasteiger partial charge in [-0.1, -0.05) is 18.7 Å². The van der Waals surface area contributed by atoms with Gasteiger partial charge in [0.1, 0.15) is 0 Å². The molecule has 2 rings (SSSR count). The molecule has 26 heavy (non-hydrogen) atoms. The van der Waals surface area contributed by atoms with Crippen LogP contribution >= 0.6 is 0 Å². The Morgan fingerprint density at radius 2 is 1.50 bits per heavy atom. The van der Waals surface area contributed by atoms with Crippen LogP contribution in [0.3, 0.4) is 0 Å². The lowest BCUT2D eigenvalue weighted by molar-refractivity contribution is -0.137. The molecule has 0 radical (unpaired) electrons. The van der Waals surface area contributed by atoms with Crippen molar-refractivity contribution in [3.05, 3.63) is 59.7 Å². The number of carbonyl (C=O) groups is 1. The topological polar surface area (TPSA) is 44.8 Å². The van der Waals surface area contributed by atoms with Crippen molar-refractivity contribution in [2.24, 2.45) is 0 Å². The molecule has 0 saturated carbocycles. The second-order valence-corrected chi connectivity index (χ2v) is 5.30. The zero-order valence-electron chi connectivity index (χ0n) is 14.4. The lowest BCUT2D eigenvalue weighted by Gasteiger charge is -2.15. The lowest BCUT2D eigenvalue weighted by atomic mass is 9.96. The maximum atomic E-state index is 12.9. The molecule has 0 aliphatic heterocycles. The Balaban J connectivity index is 2.45. The molecule has 7 heteroatoms. The van der Waals surface area contributed by atoms with E-state index in [2.05, 4.69) is 6.58 Å². The highest BCUT2D eigenvalue weighted by molar-refractivity contribution is 6.28. The van der Waals surface area contributed by atoms with Crippen LogP contribution in [-0.4, -0.2) is 27.1 Å². The minimum Gasteiger partial charge on any atom is -0.493 e. The maximum Gasteiger partial charge on any atom is 0.416 e. The van der Waals surface area contributed by atoms with Crippen molar-refractivity contribution in [3.63, 3.8) is 0 Å². The summed E-state index contributed by atoms with van der Waals surface area (Å²) >= 11 is 0. The Morgan fingerprint density at radius 3 is 1.96 bits per heavy atom. The number of allylic oxidation sites excluding steroid dienone is 1. The first-order valence-electron chi connectivity index (χ1n) is 7.44. The Labute approximate surface area is 148 Å². The summed E-state index contributed by atoms with van der Waals surface area (Å²) < 4.78 is 54.2. The molecule has 0 aliphatic carbocycles. The number of benzene rings is 2. The number of carbonyl (C=O) groups excluding carboxylic acids is 1. The highest BCUT2D eigenvalue weighted by Gasteiger charge is 2.31. The van der Waals surface area contributed by atoms with Gasteiger partial charge < -0.3 is 14.2 Å². The maximum absolute atomic E-state index is 12.9. The van der Waals surface area contributed by atoms with Crippen molar-refractivity contribution in [3.8, 4) is 17.2 Å². The highest BCUT2D eigenvalue weighted by Crippen LogP contribution is 2.40. The smallest absolute Gasteiger partial charge is 0.416 e. The molecule has 2 aromatic carbocycles. The first-order valence-corrected chi connectivity index (χ1v) is 7.44. The second-order valence-electron chi connectivity index (χ2n) is 5.30. The normalized spacial score (nSPS) is 11.0. The van der Waals surface area contributed by atoms with Gasteiger partial charge in [-0.3, -0.25) is 4.79 Å². The summed E-state index contributed by atoms with van der Waals surface area (Å²) in [5, 5.41) is 0. The predicted molar refractivity (Wildman–Crippen MR) is 90.9 cm³/mol. The fourth-order valence-corrected chi connectivity index (χ4v) is 2.40. The standard InChI is InChI=1S/C19H17F3O4/c1-11(13-9-15(24-2)18(26-4)16(10-13)25-3)17(23)12-6-5-7-14(8-12)19(20,21)22/h5-10H,1H2,2-4H3. The van der Waals surface area contributed by atoms with Crippen molar-refractivity contribution in [1.29, 1.82) is 0 Å². The van der Waals surface area contributed by atoms with Crippen molar-refractivity contribution < 1.29 is 32.2 Å². The average Bonchev–Trinajstić information content (AvgIpc) is 2.64. The van der Waals surface area contributed by atoms with Crippen LogP contribution in [-0.2, 0) is 6.18 Å². The van der Waals surface area contributed by atoms with Crippen LogP contribution in [0.15, 0.2) is 43.0 Å². The molecule has 0 bridgehead atoms. The molecule has 4 nitrogen and oxygen atoms in total. The van der Waals surface area contributed by atoms with Crippen molar-refractivity contribution in [1.82, 2.24) is 0 Å². The Morgan fingerprint density at radius 1 is 0.923 bits per heavy atom. The van der Waals surface area contributed by atoms with Crippen LogP contribution in [0, 0.1) is 0 Å². The number of hydrogen-bond donors (Lipinski definition) is 0. The van der Waals surface area contributed by atoms with Gasteiger partial charge in [0.25, 0.3) is 0 Å². The van der Waals surface area contributed by atoms with Crippen LogP contribution in [0.1, 0.15) is 21.5 Å². The number of methoxy groups -OCH3 is 3. The molecule has 0 fully saturated rings. The van der Waals surface area contributed by atoms with Gasteiger partial charge in [-0.25, -0.2) is 0 Å². The third-order valence-electron chi connectivity index (χ3n) is 3.74. The molecule has 0 aliphatic rings. The molecule has 0 heterocycles. The largest absolute Gasteiger partial charge is 0.493 e. The fraction of sp³-hybridized carbons (Fsp3) is 0.211. The number of alkyl halides is 3. The highest BCUT2D eigenvalue weighted by atomic mass is 19.4. The van der Waals surface area contributed by atoms with E-state index in [0.717, 1.165) is 12.1 Å². The summed E-state index contributed by atoms with van der Waals surface area (Å²) in [6.07, 6.45) is -4.54. The van der Waals surface area contributed by atoms with E-state index in [9.17, 15) is 18.0 Å². The minimum absolute atomic E-state index is 0.00331. The van der Waals surface area contributed by atoms with E-state index in [0.29, 0.717) is 22.8 Å². The van der Waals surface area contributed by atoms with Crippen molar-refractivity contribution in [2.45, 2.75) is 6.18 Å². The third-order valence-corrected chi connectivity index (χ3v) is 3.74. The Bertz CT molecular complexity index is 816. The van der Waals surface area contributed by atoms with Gasteiger partial charge in [0, 0.05) is 11.1 Å². The van der Waals surface area contributed by atoms with E-state index < -0.39 is 17.5 Å². The fourth-order valence-electron chi connectivity index (χ4n) is 2.40. The molecule has 0 amide bonds. The molecule has 138 valence electrons. The van der Waals surface area contributed by atoms with Crippen LogP contribution in [0.4, 0.5) is 13.2 Å². The molecular weight excluding hydrogens is 349 g/mol. The number of rotatable bonds is 6. The van der Waals surface area contributed by atoms with Gasteiger partial charge in [0.05, 0.1) is 26.9 Å². The van der Waals surface area contributed by atoms with Gasteiger partial charge in [-0.15, -0.1) is 0 Å². The second kappa shape index (κ2) is 7.51. The first kappa shape index (κ1) is 19.4. The predicted octanol–water partition coefficient (Wildman–Crippen LogP) is 4.63. The summed E-state index contributed by atoms with van der Waals surface area (Å²) in [5.74, 6) is 0.308. The average molecular weight is 366 g/mol. The third kappa shape index (κ3) is 3.82. The molecule has 0 N–H and O–H groups in total. The van der Waals surface area contributed by atoms with Crippen molar-refractivity contribution >= 4 is 11.4 Å². The Hall–Kier alpha value is -2.96. The van der Waals surface area contributed by atoms with E-state index in [-0.39, 0.29) is 11.1 Å². The minimum atomic E-state index is -4.54. The summed E-state index contributed by atoms with van der Waals surface area (Å²) in [6, 6.07) is 7.20. The number of Topliss-reactive ketones (excluding diaryl/α,β-unsaturated/α-hetero) is 1. The van der Waals surface area contributed by atoms with Gasteiger partial charge in [-0.2, -0.15) is 13.2 Å². The van der Waals surface area contributed by atoms with E-state index in [1.807, 2.05) is 0 Å². The molecule has 0 unspecified atom stereocenters. The number of halogens is 3. The first-order chi connectivity index (χ1) is 12.2. The molecular formula is C19H17F3O4. The molecule has 0 saturated heterocycles. The van der Waals surface area contributed by atoms with Crippen LogP contribution in [0.25, 0.3) is 5.57 Å². The van der Waals surface area contributed by atoms with Crippen LogP contribution in [0.5, 0.6) is 17.2 Å². The van der Waals surface area contributed by atoms with E-state index >= 15 is 0 Å². The summed E-state index contributed by atoms with van der Waals surface area (Å²) in [5.41, 5.74) is -0.662. The van der Waals surface area contributed by atoms with Crippen molar-refractivity contribution in [2.75, 3.05) is 21.3 Å². The summed E-state index contributed by atoms with van der Waals surface area (Å²) in [4.78, 5) is 12.6. The Kier molecular flexibility index (Phi) is 5.59. The van der Waals surface area contributed by atoms with E-state index in [1.54, 1.807) is 0 Å². The number of ether oxygens (including phenoxy) is 3. The molecule has 0 aromatic heterocycles. The summed E-state index contributed by atoms with van der Waals surface area (Å²) in [6.45, 7) is 3.72. The quantitative estimate of drug-likeness (QED) is 0.552. The van der Waals surface area contributed by atoms with Crippen LogP contribution in [0.2, 0.25) is 0 Å². The van der Waals surface area contributed by atoms with Crippen LogP contribution < -0.4 is 14.2 Å².